The lowest BCUT2D eigenvalue weighted by atomic mass is 10.2. The molecule has 0 heterocycles. The molecule has 118 valence electrons. The van der Waals surface area contributed by atoms with E-state index in [0.717, 1.165) is 18.4 Å². The number of hydrogen-bond acceptors (Lipinski definition) is 6. The molecule has 0 saturated heterocycles. The van der Waals surface area contributed by atoms with Crippen molar-refractivity contribution in [1.82, 2.24) is 0 Å². The number of carboxylic acid groups (broad SMARTS) is 1. The summed E-state index contributed by atoms with van der Waals surface area (Å²) in [5.41, 5.74) is -0.435. The first-order valence-corrected chi connectivity index (χ1v) is 9.33. The van der Waals surface area contributed by atoms with Gasteiger partial charge in [0.2, 0.25) is 10.0 Å². The van der Waals surface area contributed by atoms with Crippen molar-refractivity contribution in [3.63, 3.8) is 0 Å². The summed E-state index contributed by atoms with van der Waals surface area (Å²) in [5, 5.41) is 7.61. The van der Waals surface area contributed by atoms with Crippen LogP contribution in [0.3, 0.4) is 0 Å². The van der Waals surface area contributed by atoms with Gasteiger partial charge in [-0.05, 0) is 6.07 Å². The third kappa shape index (κ3) is 5.06. The van der Waals surface area contributed by atoms with Crippen molar-refractivity contribution in [3.8, 4) is 5.75 Å². The summed E-state index contributed by atoms with van der Waals surface area (Å²) < 4.78 is 52.2. The highest BCUT2D eigenvalue weighted by Gasteiger charge is 2.21. The minimum atomic E-state index is -4.20. The van der Waals surface area contributed by atoms with E-state index in [2.05, 4.69) is 0 Å². The van der Waals surface area contributed by atoms with Crippen LogP contribution in [0.25, 0.3) is 0 Å². The number of hydrogen-bond donors (Lipinski definition) is 2. The first-order chi connectivity index (χ1) is 9.45. The van der Waals surface area contributed by atoms with Crippen LogP contribution in [0, 0.1) is 0 Å². The van der Waals surface area contributed by atoms with Gasteiger partial charge >= 0.3 is 5.97 Å². The van der Waals surface area contributed by atoms with Gasteiger partial charge < -0.3 is 9.84 Å². The molecule has 2 N–H and O–H groups in total. The standard InChI is InChI=1S/C10H12ClNO7S2/c1-19-9-4-8(7(11)3-6(9)10(13)14)12-21(17,18)5-20(2,15)16/h3-4,12H,5H2,1-2H3,(H,13,14). The molecule has 0 saturated carbocycles. The molecule has 1 rings (SSSR count). The van der Waals surface area contributed by atoms with Crippen molar-refractivity contribution >= 4 is 43.1 Å². The molecule has 0 radical (unpaired) electrons. The van der Waals surface area contributed by atoms with Crippen molar-refractivity contribution in [2.75, 3.05) is 23.2 Å². The molecule has 0 aliphatic carbocycles. The third-order valence-electron chi connectivity index (χ3n) is 2.15. The SMILES string of the molecule is COc1cc(NS(=O)(=O)CS(C)(=O)=O)c(Cl)cc1C(=O)O. The Morgan fingerprint density at radius 3 is 2.33 bits per heavy atom. The Labute approximate surface area is 126 Å². The van der Waals surface area contributed by atoms with Crippen LogP contribution in [0.2, 0.25) is 5.02 Å². The smallest absolute Gasteiger partial charge is 0.339 e. The zero-order chi connectivity index (χ0) is 16.4. The lowest BCUT2D eigenvalue weighted by molar-refractivity contribution is 0.0693. The number of anilines is 1. The monoisotopic (exact) mass is 357 g/mol. The fourth-order valence-corrected chi connectivity index (χ4v) is 4.71. The molecule has 11 heteroatoms. The van der Waals surface area contributed by atoms with Gasteiger partial charge in [-0.2, -0.15) is 0 Å². The maximum atomic E-state index is 11.7. The number of ether oxygens (including phenoxy) is 1. The molecule has 0 aliphatic rings. The van der Waals surface area contributed by atoms with Crippen LogP contribution < -0.4 is 9.46 Å². The van der Waals surface area contributed by atoms with Crippen molar-refractivity contribution in [1.29, 1.82) is 0 Å². The number of sulfonamides is 1. The van der Waals surface area contributed by atoms with Crippen LogP contribution in [0.15, 0.2) is 12.1 Å². The molecule has 1 aromatic rings. The lowest BCUT2D eigenvalue weighted by Crippen LogP contribution is -2.22. The number of benzene rings is 1. The predicted molar refractivity (Wildman–Crippen MR) is 77.2 cm³/mol. The largest absolute Gasteiger partial charge is 0.496 e. The highest BCUT2D eigenvalue weighted by Crippen LogP contribution is 2.31. The normalized spacial score (nSPS) is 12.0. The van der Waals surface area contributed by atoms with Gasteiger partial charge in [-0.15, -0.1) is 0 Å². The molecule has 8 nitrogen and oxygen atoms in total. The van der Waals surface area contributed by atoms with Gasteiger partial charge in [-0.3, -0.25) is 4.72 Å². The first kappa shape index (κ1) is 17.5. The minimum Gasteiger partial charge on any atom is -0.496 e. The molecule has 0 aliphatic heterocycles. The van der Waals surface area contributed by atoms with E-state index < -0.39 is 30.9 Å². The van der Waals surface area contributed by atoms with E-state index >= 15 is 0 Å². The molecule has 0 atom stereocenters. The number of sulfone groups is 1. The van der Waals surface area contributed by atoms with Crippen molar-refractivity contribution in [2.45, 2.75) is 0 Å². The Balaban J connectivity index is 3.24. The second kappa shape index (κ2) is 6.08. The van der Waals surface area contributed by atoms with Crippen molar-refractivity contribution < 1.29 is 31.5 Å². The molecule has 0 bridgehead atoms. The summed E-state index contributed by atoms with van der Waals surface area (Å²) in [7, 11) is -6.77. The van der Waals surface area contributed by atoms with Gasteiger partial charge in [0.25, 0.3) is 0 Å². The highest BCUT2D eigenvalue weighted by molar-refractivity contribution is 8.08. The molecule has 0 amide bonds. The van der Waals surface area contributed by atoms with E-state index in [1.807, 2.05) is 4.72 Å². The van der Waals surface area contributed by atoms with Gasteiger partial charge in [0.1, 0.15) is 11.3 Å². The van der Waals surface area contributed by atoms with Crippen molar-refractivity contribution in [3.05, 3.63) is 22.7 Å². The highest BCUT2D eigenvalue weighted by atomic mass is 35.5. The second-order valence-electron chi connectivity index (χ2n) is 4.10. The number of nitrogens with one attached hydrogen (secondary N) is 1. The number of rotatable bonds is 6. The average molecular weight is 358 g/mol. The molecule has 0 unspecified atom stereocenters. The number of carbonyl (C=O) groups is 1. The minimum absolute atomic E-state index is 0.121. The fraction of sp³-hybridized carbons (Fsp3) is 0.300. The van der Waals surface area contributed by atoms with Crippen LogP contribution in [0.4, 0.5) is 5.69 Å². The summed E-state index contributed by atoms with van der Waals surface area (Å²) in [6, 6.07) is 2.06. The third-order valence-corrected chi connectivity index (χ3v) is 5.95. The Kier molecular flexibility index (Phi) is 5.07. The van der Waals surface area contributed by atoms with Gasteiger partial charge in [-0.1, -0.05) is 11.6 Å². The Hall–Kier alpha value is -1.52. The number of methoxy groups -OCH3 is 1. The topological polar surface area (TPSA) is 127 Å². The summed E-state index contributed by atoms with van der Waals surface area (Å²) in [5.74, 6) is -1.43. The lowest BCUT2D eigenvalue weighted by Gasteiger charge is -2.12. The quantitative estimate of drug-likeness (QED) is 0.770. The fourth-order valence-electron chi connectivity index (χ4n) is 1.45. The van der Waals surface area contributed by atoms with Gasteiger partial charge in [0.05, 0.1) is 17.8 Å². The van der Waals surface area contributed by atoms with Crippen LogP contribution in [-0.2, 0) is 19.9 Å². The number of carboxylic acids is 1. The number of halogens is 1. The maximum absolute atomic E-state index is 11.7. The Bertz CT molecular complexity index is 771. The first-order valence-electron chi connectivity index (χ1n) is 5.24. The van der Waals surface area contributed by atoms with Gasteiger partial charge in [0, 0.05) is 12.3 Å². The number of aromatic carboxylic acids is 1. The molecule has 0 fully saturated rings. The van der Waals surface area contributed by atoms with E-state index in [1.54, 1.807) is 0 Å². The molecule has 21 heavy (non-hydrogen) atoms. The summed E-state index contributed by atoms with van der Waals surface area (Å²) in [6.45, 7) is 0. The van der Waals surface area contributed by atoms with E-state index in [1.165, 1.54) is 7.11 Å². The average Bonchev–Trinajstić information content (AvgIpc) is 2.27. The zero-order valence-corrected chi connectivity index (χ0v) is 13.3. The predicted octanol–water partition coefficient (Wildman–Crippen LogP) is 0.791. The van der Waals surface area contributed by atoms with Crippen LogP contribution >= 0.6 is 11.6 Å². The van der Waals surface area contributed by atoms with Crippen LogP contribution in [0.1, 0.15) is 10.4 Å². The molecule has 0 aromatic heterocycles. The Morgan fingerprint density at radius 2 is 1.90 bits per heavy atom. The molecule has 1 aromatic carbocycles. The van der Waals surface area contributed by atoms with E-state index in [9.17, 15) is 21.6 Å². The van der Waals surface area contributed by atoms with Crippen LogP contribution in [0.5, 0.6) is 5.75 Å². The van der Waals surface area contributed by atoms with Crippen molar-refractivity contribution in [2.24, 2.45) is 0 Å². The summed E-state index contributed by atoms with van der Waals surface area (Å²) >= 11 is 5.78. The molecular weight excluding hydrogens is 346 g/mol. The zero-order valence-electron chi connectivity index (χ0n) is 11.0. The summed E-state index contributed by atoms with van der Waals surface area (Å²) in [6.07, 6.45) is 0.766. The van der Waals surface area contributed by atoms with E-state index in [-0.39, 0.29) is 22.0 Å². The van der Waals surface area contributed by atoms with E-state index in [4.69, 9.17) is 21.4 Å². The molecular formula is C10H12ClNO7S2. The summed E-state index contributed by atoms with van der Waals surface area (Å²) in [4.78, 5) is 11.0. The van der Waals surface area contributed by atoms with Crippen LogP contribution in [-0.4, -0.2) is 46.4 Å². The maximum Gasteiger partial charge on any atom is 0.339 e. The van der Waals surface area contributed by atoms with Gasteiger partial charge in [-0.25, -0.2) is 21.6 Å². The second-order valence-corrected chi connectivity index (χ2v) is 8.73. The van der Waals surface area contributed by atoms with Gasteiger partial charge in [0.15, 0.2) is 14.9 Å². The Morgan fingerprint density at radius 1 is 1.33 bits per heavy atom. The van der Waals surface area contributed by atoms with E-state index in [0.29, 0.717) is 0 Å². The molecule has 0 spiro atoms.